The zero-order valence-electron chi connectivity index (χ0n) is 5.52. The lowest BCUT2D eigenvalue weighted by Gasteiger charge is -1.97. The molecule has 2 nitrogen and oxygen atoms in total. The number of hydrogen-bond donors (Lipinski definition) is 1. The summed E-state index contributed by atoms with van der Waals surface area (Å²) in [6, 6.07) is 0. The monoisotopic (exact) mass is 184 g/mol. The van der Waals surface area contributed by atoms with Gasteiger partial charge in [0.05, 0.1) is 0 Å². The van der Waals surface area contributed by atoms with Crippen LogP contribution in [-0.4, -0.2) is 22.1 Å². The quantitative estimate of drug-likeness (QED) is 0.630. The van der Waals surface area contributed by atoms with Gasteiger partial charge in [0, 0.05) is 10.2 Å². The Morgan fingerprint density at radius 3 is 3.18 bits per heavy atom. The van der Waals surface area contributed by atoms with E-state index in [1.807, 2.05) is 17.9 Å². The van der Waals surface area contributed by atoms with Crippen molar-refractivity contribution < 1.29 is 9.90 Å². The summed E-state index contributed by atoms with van der Waals surface area (Å²) in [5.41, 5.74) is 0. The van der Waals surface area contributed by atoms with E-state index in [0.29, 0.717) is 0 Å². The van der Waals surface area contributed by atoms with Crippen LogP contribution < -0.4 is 0 Å². The van der Waals surface area contributed by atoms with Crippen molar-refractivity contribution in [1.82, 2.24) is 0 Å². The van der Waals surface area contributed by atoms with Crippen LogP contribution in [0.25, 0.3) is 0 Å². The van der Waals surface area contributed by atoms with Crippen molar-refractivity contribution >= 4 is 31.7 Å². The molecule has 0 aromatic rings. The van der Waals surface area contributed by atoms with Gasteiger partial charge in [-0.15, -0.1) is 11.8 Å². The van der Waals surface area contributed by atoms with E-state index in [1.165, 1.54) is 11.8 Å². The molecule has 0 aliphatic carbocycles. The van der Waals surface area contributed by atoms with Gasteiger partial charge in [-0.2, -0.15) is 0 Å². The van der Waals surface area contributed by atoms with E-state index in [9.17, 15) is 4.79 Å². The smallest absolute Gasteiger partial charge is 0.320 e. The maximum absolute atomic E-state index is 10.5. The molecule has 1 unspecified atom stereocenters. The first kappa shape index (κ1) is 7.14. The van der Waals surface area contributed by atoms with Gasteiger partial charge in [0.15, 0.2) is 0 Å². The fraction of sp³-hybridized carbons (Fsp3) is 0.143. The molecule has 2 aliphatic heterocycles. The molecule has 0 fully saturated rings. The van der Waals surface area contributed by atoms with Crippen LogP contribution in [0.2, 0.25) is 0 Å². The van der Waals surface area contributed by atoms with Crippen molar-refractivity contribution in [3.05, 3.63) is 22.4 Å². The fourth-order valence-electron chi connectivity index (χ4n) is 0.995. The molecular formula is C7H5O2PS. The largest absolute Gasteiger partial charge is 0.480 e. The molecule has 2 rings (SSSR count). The average molecular weight is 184 g/mol. The van der Waals surface area contributed by atoms with Crippen LogP contribution in [0.15, 0.2) is 22.4 Å². The summed E-state index contributed by atoms with van der Waals surface area (Å²) >= 11 is 1.42. The fourth-order valence-corrected chi connectivity index (χ4v) is 3.25. The van der Waals surface area contributed by atoms with Crippen molar-refractivity contribution in [1.29, 1.82) is 0 Å². The van der Waals surface area contributed by atoms with E-state index in [4.69, 9.17) is 5.11 Å². The van der Waals surface area contributed by atoms with Crippen molar-refractivity contribution in [2.45, 2.75) is 5.25 Å². The number of aliphatic carboxylic acids is 1. The Labute approximate surface area is 69.8 Å². The molecule has 0 aromatic heterocycles. The van der Waals surface area contributed by atoms with E-state index in [2.05, 4.69) is 0 Å². The summed E-state index contributed by atoms with van der Waals surface area (Å²) in [7, 11) is 1.14. The van der Waals surface area contributed by atoms with Gasteiger partial charge in [-0.25, -0.2) is 0 Å². The minimum absolute atomic E-state index is 0.350. The van der Waals surface area contributed by atoms with E-state index < -0.39 is 5.97 Å². The molecule has 0 spiro atoms. The van der Waals surface area contributed by atoms with Gasteiger partial charge >= 0.3 is 5.97 Å². The van der Waals surface area contributed by atoms with Crippen molar-refractivity contribution in [3.63, 3.8) is 0 Å². The Kier molecular flexibility index (Phi) is 1.63. The highest BCUT2D eigenvalue weighted by Crippen LogP contribution is 2.44. The summed E-state index contributed by atoms with van der Waals surface area (Å²) < 4.78 is 0. The molecule has 56 valence electrons. The predicted molar refractivity (Wildman–Crippen MR) is 48.2 cm³/mol. The predicted octanol–water partition coefficient (Wildman–Crippen LogP) is 1.72. The molecule has 0 saturated carbocycles. The lowest BCUT2D eigenvalue weighted by Crippen LogP contribution is -2.10. The van der Waals surface area contributed by atoms with Crippen LogP contribution in [-0.2, 0) is 4.79 Å². The zero-order valence-corrected chi connectivity index (χ0v) is 7.23. The van der Waals surface area contributed by atoms with Gasteiger partial charge in [0.25, 0.3) is 0 Å². The van der Waals surface area contributed by atoms with Gasteiger partial charge in [-0.3, -0.25) is 4.79 Å². The number of hydrogen-bond acceptors (Lipinski definition) is 2. The van der Waals surface area contributed by atoms with E-state index in [0.717, 1.165) is 18.4 Å². The van der Waals surface area contributed by atoms with Crippen LogP contribution in [0.4, 0.5) is 0 Å². The highest BCUT2D eigenvalue weighted by molar-refractivity contribution is 8.05. The molecule has 1 N–H and O–H groups in total. The number of rotatable bonds is 1. The maximum Gasteiger partial charge on any atom is 0.320 e. The number of allylic oxidation sites excluding steroid dienone is 2. The van der Waals surface area contributed by atoms with E-state index in [1.54, 1.807) is 0 Å². The average Bonchev–Trinajstić information content (AvgIpc) is 2.40. The third kappa shape index (κ3) is 1.15. The molecule has 2 heterocycles. The highest BCUT2D eigenvalue weighted by Gasteiger charge is 2.27. The summed E-state index contributed by atoms with van der Waals surface area (Å²) in [5.74, 6) is 1.29. The third-order valence-electron chi connectivity index (χ3n) is 1.50. The number of thioether (sulfide) groups is 1. The van der Waals surface area contributed by atoms with Gasteiger partial charge in [-0.05, 0) is 17.9 Å². The number of carboxylic acids is 1. The number of fused-ring (bicyclic) bond motifs is 1. The third-order valence-corrected chi connectivity index (χ3v) is 3.82. The molecule has 0 aromatic carbocycles. The van der Waals surface area contributed by atoms with Crippen molar-refractivity contribution in [2.75, 3.05) is 0 Å². The topological polar surface area (TPSA) is 37.3 Å². The lowest BCUT2D eigenvalue weighted by atomic mass is 10.3. The lowest BCUT2D eigenvalue weighted by molar-refractivity contribution is -0.135. The molecule has 2 aliphatic rings. The zero-order chi connectivity index (χ0) is 7.84. The maximum atomic E-state index is 10.5. The molecule has 0 amide bonds. The van der Waals surface area contributed by atoms with Crippen molar-refractivity contribution in [2.24, 2.45) is 0 Å². The second kappa shape index (κ2) is 2.50. The number of carboxylic acid groups (broad SMARTS) is 1. The van der Waals surface area contributed by atoms with Crippen molar-refractivity contribution in [3.8, 4) is 0 Å². The van der Waals surface area contributed by atoms with Crippen LogP contribution in [0, 0.1) is 0 Å². The highest BCUT2D eigenvalue weighted by atomic mass is 32.2. The molecule has 1 atom stereocenters. The SMILES string of the molecule is O=C(O)C1C=C2P=CC=C2S1. The van der Waals surface area contributed by atoms with Gasteiger partial charge < -0.3 is 5.11 Å². The summed E-state index contributed by atoms with van der Waals surface area (Å²) in [6.45, 7) is 0. The first-order chi connectivity index (χ1) is 5.27. The van der Waals surface area contributed by atoms with Gasteiger partial charge in [0.1, 0.15) is 5.25 Å². The van der Waals surface area contributed by atoms with E-state index >= 15 is 0 Å². The Balaban J connectivity index is 2.27. The molecular weight excluding hydrogens is 179 g/mol. The molecule has 4 heteroatoms. The van der Waals surface area contributed by atoms with Gasteiger partial charge in [-0.1, -0.05) is 8.20 Å². The first-order valence-electron chi connectivity index (χ1n) is 3.13. The van der Waals surface area contributed by atoms with Gasteiger partial charge in [0.2, 0.25) is 0 Å². The normalized spacial score (nSPS) is 27.8. The van der Waals surface area contributed by atoms with Crippen LogP contribution >= 0.6 is 20.0 Å². The Bertz CT molecular complexity index is 304. The molecule has 0 saturated heterocycles. The molecule has 11 heavy (non-hydrogen) atoms. The minimum atomic E-state index is -0.743. The standard InChI is InChI=1S/C7H5O2PS/c8-7(9)6-3-4-5(11-6)1-2-10-4/h1-3,6H,(H,8,9). The summed E-state index contributed by atoms with van der Waals surface area (Å²) in [6.07, 6.45) is 3.81. The summed E-state index contributed by atoms with van der Waals surface area (Å²) in [4.78, 5) is 11.7. The van der Waals surface area contributed by atoms with Crippen LogP contribution in [0.5, 0.6) is 0 Å². The molecule has 0 radical (unpaired) electrons. The van der Waals surface area contributed by atoms with E-state index in [-0.39, 0.29) is 5.25 Å². The number of carbonyl (C=O) groups is 1. The Hall–Kier alpha value is -0.530. The summed E-state index contributed by atoms with van der Waals surface area (Å²) in [5, 5.41) is 9.47. The molecule has 0 bridgehead atoms. The Morgan fingerprint density at radius 1 is 1.73 bits per heavy atom. The van der Waals surface area contributed by atoms with Crippen LogP contribution in [0.1, 0.15) is 0 Å². The Morgan fingerprint density at radius 2 is 2.55 bits per heavy atom. The van der Waals surface area contributed by atoms with Crippen LogP contribution in [0.3, 0.4) is 0 Å². The first-order valence-corrected chi connectivity index (χ1v) is 4.98. The second-order valence-electron chi connectivity index (χ2n) is 2.24. The minimum Gasteiger partial charge on any atom is -0.480 e. The second-order valence-corrected chi connectivity index (χ2v) is 4.46.